The number of hydrogen-bond acceptors (Lipinski definition) is 5. The summed E-state index contributed by atoms with van der Waals surface area (Å²) in [5.41, 5.74) is 0.845. The van der Waals surface area contributed by atoms with Gasteiger partial charge in [-0.15, -0.1) is 0 Å². The molecular formula is C11H16N2O3. The van der Waals surface area contributed by atoms with Gasteiger partial charge >= 0.3 is 5.97 Å². The van der Waals surface area contributed by atoms with Crippen LogP contribution >= 0.6 is 0 Å². The van der Waals surface area contributed by atoms with Crippen molar-refractivity contribution in [2.24, 2.45) is 0 Å². The van der Waals surface area contributed by atoms with Crippen LogP contribution in [0.5, 0.6) is 5.88 Å². The molecule has 0 aliphatic carbocycles. The highest BCUT2D eigenvalue weighted by atomic mass is 16.5. The van der Waals surface area contributed by atoms with Crippen molar-refractivity contribution in [3.8, 4) is 5.88 Å². The normalized spacial score (nSPS) is 11.7. The lowest BCUT2D eigenvalue weighted by molar-refractivity contribution is -0.140. The van der Waals surface area contributed by atoms with Crippen molar-refractivity contribution in [2.45, 2.75) is 19.4 Å². The number of ether oxygens (including phenoxy) is 2. The summed E-state index contributed by atoms with van der Waals surface area (Å²) in [6.07, 6.45) is 1.98. The molecule has 1 atom stereocenters. The fourth-order valence-electron chi connectivity index (χ4n) is 1.26. The number of aromatic nitrogens is 1. The first kappa shape index (κ1) is 12.3. The Morgan fingerprint density at radius 2 is 2.25 bits per heavy atom. The first-order chi connectivity index (χ1) is 7.65. The van der Waals surface area contributed by atoms with Gasteiger partial charge in [-0.25, -0.2) is 4.98 Å². The van der Waals surface area contributed by atoms with E-state index < -0.39 is 0 Å². The molecule has 1 N–H and O–H groups in total. The third-order valence-electron chi connectivity index (χ3n) is 2.06. The molecule has 0 aliphatic heterocycles. The minimum atomic E-state index is -0.235. The number of carbonyl (C=O) groups is 1. The van der Waals surface area contributed by atoms with Crippen LogP contribution in [0.3, 0.4) is 0 Å². The molecule has 0 aliphatic rings. The molecule has 1 aromatic heterocycles. The van der Waals surface area contributed by atoms with Crippen molar-refractivity contribution in [2.75, 3.05) is 19.5 Å². The van der Waals surface area contributed by atoms with Gasteiger partial charge in [-0.1, -0.05) is 0 Å². The van der Waals surface area contributed by atoms with Gasteiger partial charge in [0.05, 0.1) is 32.5 Å². The Morgan fingerprint density at radius 3 is 2.75 bits per heavy atom. The number of nitrogens with zero attached hydrogens (tertiary/aromatic N) is 1. The molecule has 1 aromatic rings. The zero-order valence-electron chi connectivity index (χ0n) is 9.69. The van der Waals surface area contributed by atoms with E-state index in [4.69, 9.17) is 4.74 Å². The summed E-state index contributed by atoms with van der Waals surface area (Å²) in [6.45, 7) is 1.90. The molecule has 0 aromatic carbocycles. The van der Waals surface area contributed by atoms with Crippen LogP contribution in [0, 0.1) is 0 Å². The largest absolute Gasteiger partial charge is 0.481 e. The van der Waals surface area contributed by atoms with Gasteiger partial charge in [-0.3, -0.25) is 4.79 Å². The molecule has 0 spiro atoms. The Balaban J connectivity index is 2.49. The van der Waals surface area contributed by atoms with E-state index in [2.05, 4.69) is 15.0 Å². The Hall–Kier alpha value is -1.78. The molecule has 88 valence electrons. The molecule has 5 nitrogen and oxygen atoms in total. The van der Waals surface area contributed by atoms with E-state index in [1.165, 1.54) is 7.11 Å². The van der Waals surface area contributed by atoms with Gasteiger partial charge in [0.25, 0.3) is 0 Å². The SMILES string of the molecule is COC(=O)CC(C)Nc1ccc(OC)nc1. The van der Waals surface area contributed by atoms with Crippen LogP contribution in [0.1, 0.15) is 13.3 Å². The number of hydrogen-bond donors (Lipinski definition) is 1. The molecular weight excluding hydrogens is 208 g/mol. The molecule has 0 fully saturated rings. The van der Waals surface area contributed by atoms with Gasteiger partial charge in [0, 0.05) is 12.1 Å². The smallest absolute Gasteiger partial charge is 0.307 e. The lowest BCUT2D eigenvalue weighted by Gasteiger charge is -2.13. The average molecular weight is 224 g/mol. The summed E-state index contributed by atoms with van der Waals surface area (Å²) in [5, 5.41) is 3.14. The minimum Gasteiger partial charge on any atom is -0.481 e. The predicted molar refractivity (Wildman–Crippen MR) is 60.5 cm³/mol. The highest BCUT2D eigenvalue weighted by Crippen LogP contribution is 2.12. The monoisotopic (exact) mass is 224 g/mol. The van der Waals surface area contributed by atoms with Crippen LogP contribution in [0.2, 0.25) is 0 Å². The van der Waals surface area contributed by atoms with Crippen molar-refractivity contribution in [1.82, 2.24) is 4.98 Å². The average Bonchev–Trinajstić information content (AvgIpc) is 2.29. The van der Waals surface area contributed by atoms with Crippen LogP contribution < -0.4 is 10.1 Å². The summed E-state index contributed by atoms with van der Waals surface area (Å²) < 4.78 is 9.52. The summed E-state index contributed by atoms with van der Waals surface area (Å²) >= 11 is 0. The second-order valence-corrected chi connectivity index (χ2v) is 3.41. The molecule has 0 saturated carbocycles. The summed E-state index contributed by atoms with van der Waals surface area (Å²) in [7, 11) is 2.94. The predicted octanol–water partition coefficient (Wildman–Crippen LogP) is 1.45. The lowest BCUT2D eigenvalue weighted by Crippen LogP contribution is -2.20. The number of methoxy groups -OCH3 is 2. The quantitative estimate of drug-likeness (QED) is 0.767. The van der Waals surface area contributed by atoms with Crippen molar-refractivity contribution in [3.63, 3.8) is 0 Å². The van der Waals surface area contributed by atoms with E-state index >= 15 is 0 Å². The van der Waals surface area contributed by atoms with Gasteiger partial charge in [0.15, 0.2) is 0 Å². The van der Waals surface area contributed by atoms with Crippen molar-refractivity contribution in [1.29, 1.82) is 0 Å². The van der Waals surface area contributed by atoms with Crippen molar-refractivity contribution >= 4 is 11.7 Å². The highest BCUT2D eigenvalue weighted by molar-refractivity contribution is 5.70. The number of carbonyl (C=O) groups excluding carboxylic acids is 1. The molecule has 0 radical (unpaired) electrons. The second kappa shape index (κ2) is 5.95. The summed E-state index contributed by atoms with van der Waals surface area (Å²) in [4.78, 5) is 15.1. The van der Waals surface area contributed by atoms with Gasteiger partial charge in [-0.05, 0) is 13.0 Å². The second-order valence-electron chi connectivity index (χ2n) is 3.41. The molecule has 1 heterocycles. The molecule has 1 rings (SSSR count). The van der Waals surface area contributed by atoms with Crippen LogP contribution in [0.4, 0.5) is 5.69 Å². The number of rotatable bonds is 5. The molecule has 0 amide bonds. The van der Waals surface area contributed by atoms with E-state index in [1.54, 1.807) is 19.4 Å². The zero-order valence-corrected chi connectivity index (χ0v) is 9.69. The van der Waals surface area contributed by atoms with Gasteiger partial charge < -0.3 is 14.8 Å². The summed E-state index contributed by atoms with van der Waals surface area (Å²) in [6, 6.07) is 3.61. The number of anilines is 1. The van der Waals surface area contributed by atoms with Gasteiger partial charge in [0.1, 0.15) is 0 Å². The van der Waals surface area contributed by atoms with E-state index in [-0.39, 0.29) is 12.0 Å². The maximum Gasteiger partial charge on any atom is 0.307 e. The molecule has 0 saturated heterocycles. The third-order valence-corrected chi connectivity index (χ3v) is 2.06. The Labute approximate surface area is 94.8 Å². The van der Waals surface area contributed by atoms with Crippen LogP contribution in [0.25, 0.3) is 0 Å². The van der Waals surface area contributed by atoms with Gasteiger partial charge in [0.2, 0.25) is 5.88 Å². The summed E-state index contributed by atoms with van der Waals surface area (Å²) in [5.74, 6) is 0.327. The first-order valence-corrected chi connectivity index (χ1v) is 4.99. The molecule has 1 unspecified atom stereocenters. The van der Waals surface area contributed by atoms with E-state index in [0.717, 1.165) is 5.69 Å². The number of pyridine rings is 1. The topological polar surface area (TPSA) is 60.5 Å². The molecule has 5 heteroatoms. The first-order valence-electron chi connectivity index (χ1n) is 4.99. The molecule has 0 bridgehead atoms. The van der Waals surface area contributed by atoms with Crippen molar-refractivity contribution in [3.05, 3.63) is 18.3 Å². The Morgan fingerprint density at radius 1 is 1.50 bits per heavy atom. The Bertz CT molecular complexity index is 338. The number of esters is 1. The Kier molecular flexibility index (Phi) is 4.57. The lowest BCUT2D eigenvalue weighted by atomic mass is 10.2. The fraction of sp³-hybridized carbons (Fsp3) is 0.455. The van der Waals surface area contributed by atoms with E-state index in [1.807, 2.05) is 13.0 Å². The highest BCUT2D eigenvalue weighted by Gasteiger charge is 2.08. The van der Waals surface area contributed by atoms with Crippen LogP contribution in [-0.2, 0) is 9.53 Å². The molecule has 16 heavy (non-hydrogen) atoms. The zero-order chi connectivity index (χ0) is 12.0. The van der Waals surface area contributed by atoms with E-state index in [9.17, 15) is 4.79 Å². The van der Waals surface area contributed by atoms with E-state index in [0.29, 0.717) is 12.3 Å². The van der Waals surface area contributed by atoms with Crippen molar-refractivity contribution < 1.29 is 14.3 Å². The van der Waals surface area contributed by atoms with Crippen LogP contribution in [0.15, 0.2) is 18.3 Å². The maximum absolute atomic E-state index is 11.0. The third kappa shape index (κ3) is 3.76. The van der Waals surface area contributed by atoms with Gasteiger partial charge in [-0.2, -0.15) is 0 Å². The van der Waals surface area contributed by atoms with Crippen LogP contribution in [-0.4, -0.2) is 31.2 Å². The fourth-order valence-corrected chi connectivity index (χ4v) is 1.26. The maximum atomic E-state index is 11.0. The minimum absolute atomic E-state index is 0.00245. The number of nitrogens with one attached hydrogen (secondary N) is 1. The standard InChI is InChI=1S/C11H16N2O3/c1-8(6-11(14)16-3)13-9-4-5-10(15-2)12-7-9/h4-5,7-8,13H,6H2,1-3H3.